The fourth-order valence-corrected chi connectivity index (χ4v) is 2.71. The van der Waals surface area contributed by atoms with Crippen LogP contribution in [0.4, 0.5) is 0 Å². The monoisotopic (exact) mass is 394 g/mol. The summed E-state index contributed by atoms with van der Waals surface area (Å²) in [7, 11) is 3.10. The van der Waals surface area contributed by atoms with Crippen LogP contribution in [0.3, 0.4) is 0 Å². The van der Waals surface area contributed by atoms with E-state index in [1.165, 1.54) is 7.05 Å². The lowest BCUT2D eigenvalue weighted by atomic mass is 10.1. The Kier molecular flexibility index (Phi) is 5.16. The number of aromatic nitrogens is 5. The van der Waals surface area contributed by atoms with E-state index in [-0.39, 0.29) is 11.7 Å². The van der Waals surface area contributed by atoms with Crippen molar-refractivity contribution in [2.24, 2.45) is 0 Å². The Morgan fingerprint density at radius 2 is 2.07 bits per heavy atom. The second-order valence-corrected chi connectivity index (χ2v) is 6.04. The van der Waals surface area contributed by atoms with Crippen molar-refractivity contribution < 1.29 is 18.8 Å². The number of hydrogen-bond donors (Lipinski definition) is 1. The van der Waals surface area contributed by atoms with Gasteiger partial charge in [0.15, 0.2) is 5.65 Å². The summed E-state index contributed by atoms with van der Waals surface area (Å²) in [5.74, 6) is 0.282. The predicted molar refractivity (Wildman–Crippen MR) is 102 cm³/mol. The molecule has 0 atom stereocenters. The van der Waals surface area contributed by atoms with Gasteiger partial charge in [-0.3, -0.25) is 4.79 Å². The fraction of sp³-hybridized carbons (Fsp3) is 0.211. The fourth-order valence-electron chi connectivity index (χ4n) is 2.71. The topological polar surface area (TPSA) is 117 Å². The number of benzene rings is 1. The maximum Gasteiger partial charge on any atom is 0.316 e. The van der Waals surface area contributed by atoms with Crippen LogP contribution in [0.25, 0.3) is 28.3 Å². The van der Waals surface area contributed by atoms with Crippen molar-refractivity contribution in [3.63, 3.8) is 0 Å². The molecule has 0 unspecified atom stereocenters. The summed E-state index contributed by atoms with van der Waals surface area (Å²) in [5, 5.41) is 10.6. The van der Waals surface area contributed by atoms with Gasteiger partial charge in [-0.25, -0.2) is 9.50 Å². The lowest BCUT2D eigenvalue weighted by Gasteiger charge is -2.09. The van der Waals surface area contributed by atoms with E-state index in [0.29, 0.717) is 30.2 Å². The van der Waals surface area contributed by atoms with Gasteiger partial charge in [0.25, 0.3) is 0 Å². The van der Waals surface area contributed by atoms with Gasteiger partial charge in [-0.2, -0.15) is 10.1 Å². The highest BCUT2D eigenvalue weighted by molar-refractivity contribution is 5.89. The van der Waals surface area contributed by atoms with Crippen molar-refractivity contribution in [2.45, 2.75) is 0 Å². The molecule has 3 aromatic heterocycles. The van der Waals surface area contributed by atoms with E-state index < -0.39 is 5.91 Å². The summed E-state index contributed by atoms with van der Waals surface area (Å²) in [6.45, 7) is 0.822. The Labute approximate surface area is 165 Å². The second-order valence-electron chi connectivity index (χ2n) is 6.04. The molecule has 3 heterocycles. The molecule has 0 saturated carbocycles. The molecule has 10 nitrogen and oxygen atoms in total. The molecule has 0 aliphatic carbocycles. The third-order valence-corrected chi connectivity index (χ3v) is 4.10. The third kappa shape index (κ3) is 3.92. The van der Waals surface area contributed by atoms with Gasteiger partial charge in [0, 0.05) is 31.5 Å². The van der Waals surface area contributed by atoms with E-state index >= 15 is 0 Å². The van der Waals surface area contributed by atoms with Crippen molar-refractivity contribution >= 4 is 11.6 Å². The number of amides is 1. The minimum Gasteiger partial charge on any atom is -0.491 e. The number of fused-ring (bicyclic) bond motifs is 1. The van der Waals surface area contributed by atoms with Gasteiger partial charge >= 0.3 is 11.8 Å². The van der Waals surface area contributed by atoms with Crippen LogP contribution < -0.4 is 10.1 Å². The number of ether oxygens (including phenoxy) is 2. The summed E-state index contributed by atoms with van der Waals surface area (Å²) in [6, 6.07) is 9.17. The van der Waals surface area contributed by atoms with Crippen LogP contribution >= 0.6 is 0 Å². The maximum absolute atomic E-state index is 11.7. The smallest absolute Gasteiger partial charge is 0.316 e. The van der Waals surface area contributed by atoms with Crippen molar-refractivity contribution in [1.29, 1.82) is 0 Å². The maximum atomic E-state index is 11.7. The molecule has 1 aromatic carbocycles. The van der Waals surface area contributed by atoms with Crippen molar-refractivity contribution in [3.05, 3.63) is 48.6 Å². The van der Waals surface area contributed by atoms with Gasteiger partial charge in [-0.05, 0) is 30.3 Å². The first kappa shape index (κ1) is 18.6. The minimum absolute atomic E-state index is 0.119. The SMILES string of the molecule is CNC(=O)c1nc(-c2cc(OCCOC)cc(-c3cn4ncccc4n3)c2)no1. The molecular formula is C19H18N6O4. The summed E-state index contributed by atoms with van der Waals surface area (Å²) in [5.41, 5.74) is 2.83. The molecule has 0 radical (unpaired) electrons. The number of methoxy groups -OCH3 is 1. The lowest BCUT2D eigenvalue weighted by molar-refractivity contribution is 0.0919. The molecule has 1 N–H and O–H groups in total. The van der Waals surface area contributed by atoms with Crippen LogP contribution in [0.1, 0.15) is 10.7 Å². The number of carbonyl (C=O) groups excluding carboxylic acids is 1. The molecule has 29 heavy (non-hydrogen) atoms. The van der Waals surface area contributed by atoms with Crippen LogP contribution in [0.5, 0.6) is 5.75 Å². The molecule has 0 spiro atoms. The van der Waals surface area contributed by atoms with Crippen LogP contribution in [0.15, 0.2) is 47.2 Å². The molecule has 0 aliphatic heterocycles. The Bertz CT molecular complexity index is 1120. The van der Waals surface area contributed by atoms with Gasteiger partial charge in [-0.1, -0.05) is 5.16 Å². The van der Waals surface area contributed by atoms with E-state index in [4.69, 9.17) is 14.0 Å². The first-order chi connectivity index (χ1) is 14.2. The Balaban J connectivity index is 1.76. The summed E-state index contributed by atoms with van der Waals surface area (Å²) in [6.07, 6.45) is 3.51. The Morgan fingerprint density at radius 3 is 2.86 bits per heavy atom. The quantitative estimate of drug-likeness (QED) is 0.472. The molecule has 0 fully saturated rings. The summed E-state index contributed by atoms with van der Waals surface area (Å²) >= 11 is 0. The van der Waals surface area contributed by atoms with Gasteiger partial charge in [0.2, 0.25) is 5.82 Å². The van der Waals surface area contributed by atoms with Gasteiger partial charge in [0.1, 0.15) is 12.4 Å². The first-order valence-corrected chi connectivity index (χ1v) is 8.81. The standard InChI is InChI=1S/C19H18N6O4/c1-20-18(26)19-23-17(24-29-19)13-8-12(9-14(10-13)28-7-6-27-2)15-11-25-16(22-15)4-3-5-21-25/h3-5,8-11H,6-7H2,1-2H3,(H,20,26). The molecule has 4 rings (SSSR count). The summed E-state index contributed by atoms with van der Waals surface area (Å²) in [4.78, 5) is 20.5. The Morgan fingerprint density at radius 1 is 1.21 bits per heavy atom. The van der Waals surface area contributed by atoms with Crippen molar-refractivity contribution in [2.75, 3.05) is 27.4 Å². The van der Waals surface area contributed by atoms with Gasteiger partial charge in [-0.15, -0.1) is 0 Å². The molecule has 1 amide bonds. The number of rotatable bonds is 7. The largest absolute Gasteiger partial charge is 0.491 e. The van der Waals surface area contributed by atoms with Gasteiger partial charge in [0.05, 0.1) is 18.5 Å². The Hall–Kier alpha value is -3.79. The van der Waals surface area contributed by atoms with E-state index in [2.05, 4.69) is 25.5 Å². The van der Waals surface area contributed by atoms with E-state index in [1.54, 1.807) is 23.9 Å². The number of nitrogens with one attached hydrogen (secondary N) is 1. The van der Waals surface area contributed by atoms with Crippen LogP contribution in [0.2, 0.25) is 0 Å². The lowest BCUT2D eigenvalue weighted by Crippen LogP contribution is -2.17. The average Bonchev–Trinajstić information content (AvgIpc) is 3.40. The highest BCUT2D eigenvalue weighted by atomic mass is 16.5. The molecular weight excluding hydrogens is 376 g/mol. The van der Waals surface area contributed by atoms with E-state index in [0.717, 1.165) is 11.2 Å². The number of imidazole rings is 1. The second kappa shape index (κ2) is 8.07. The highest BCUT2D eigenvalue weighted by Crippen LogP contribution is 2.30. The zero-order chi connectivity index (χ0) is 20.2. The molecule has 0 saturated heterocycles. The molecule has 148 valence electrons. The first-order valence-electron chi connectivity index (χ1n) is 8.81. The highest BCUT2D eigenvalue weighted by Gasteiger charge is 2.17. The predicted octanol–water partition coefficient (Wildman–Crippen LogP) is 1.83. The van der Waals surface area contributed by atoms with Gasteiger partial charge < -0.3 is 19.3 Å². The molecule has 0 bridgehead atoms. The number of hydrogen-bond acceptors (Lipinski definition) is 8. The third-order valence-electron chi connectivity index (χ3n) is 4.10. The van der Waals surface area contributed by atoms with Crippen LogP contribution in [-0.4, -0.2) is 58.0 Å². The number of nitrogens with zero attached hydrogens (tertiary/aromatic N) is 5. The van der Waals surface area contributed by atoms with Crippen LogP contribution in [0, 0.1) is 0 Å². The average molecular weight is 394 g/mol. The minimum atomic E-state index is -0.456. The zero-order valence-corrected chi connectivity index (χ0v) is 15.8. The summed E-state index contributed by atoms with van der Waals surface area (Å²) < 4.78 is 17.5. The van der Waals surface area contributed by atoms with E-state index in [9.17, 15) is 4.79 Å². The van der Waals surface area contributed by atoms with E-state index in [1.807, 2.05) is 30.5 Å². The molecule has 10 heteroatoms. The molecule has 0 aliphatic rings. The van der Waals surface area contributed by atoms with Crippen molar-refractivity contribution in [1.82, 2.24) is 30.1 Å². The van der Waals surface area contributed by atoms with Crippen LogP contribution in [-0.2, 0) is 4.74 Å². The zero-order valence-electron chi connectivity index (χ0n) is 15.8. The molecule has 4 aromatic rings. The normalized spacial score (nSPS) is 11.0. The number of carbonyl (C=O) groups is 1. The van der Waals surface area contributed by atoms with Crippen molar-refractivity contribution in [3.8, 4) is 28.4 Å².